The molecule has 6 rings (SSSR count). The zero-order valence-corrected chi connectivity index (χ0v) is 22.7. The normalized spacial score (nSPS) is 13.4. The summed E-state index contributed by atoms with van der Waals surface area (Å²) in [6.07, 6.45) is 2.36. The van der Waals surface area contributed by atoms with Gasteiger partial charge in [0.1, 0.15) is 0 Å². The van der Waals surface area contributed by atoms with Crippen LogP contribution in [0.15, 0.2) is 121 Å². The topological polar surface area (TPSA) is 14.1 Å². The monoisotopic (exact) mass is 540 g/mol. The minimum Gasteiger partial charge on any atom is -1.00 e. The van der Waals surface area contributed by atoms with Gasteiger partial charge in [-0.2, -0.15) is 0 Å². The van der Waals surface area contributed by atoms with Crippen molar-refractivity contribution in [2.45, 2.75) is 12.5 Å². The average molecular weight is 541 g/mol. The smallest absolute Gasteiger partial charge is 1.00 e. The standard InChI is InChI=1S/C32H24N.2ClH.Ti/c1-3-11-23(12-4-1)30-21-25-14-8-10-18-28(25)32(30)29-20-19-24-13-7-9-17-27(24)31(29)22-33-26-15-5-2-6-16-26;;;/h1-21,32H,22H2;2*1H;/q-1;;;+3/p-2. The Morgan fingerprint density at radius 2 is 1.22 bits per heavy atom. The molecule has 175 valence electrons. The maximum atomic E-state index is 4.99. The molecule has 5 aromatic rings. The fraction of sp³-hybridized carbons (Fsp3) is 0.0625. The molecule has 1 atom stereocenters. The van der Waals surface area contributed by atoms with Crippen LogP contribution < -0.4 is 24.8 Å². The van der Waals surface area contributed by atoms with Crippen molar-refractivity contribution >= 4 is 28.1 Å². The molecule has 0 aromatic heterocycles. The number of nitrogens with zero attached hydrogens (tertiary/aromatic N) is 1. The second kappa shape index (κ2) is 12.4. The first kappa shape index (κ1) is 27.8. The molecular formula is C32H24Cl2NTi. The molecule has 0 spiro atoms. The molecule has 0 saturated carbocycles. The maximum Gasteiger partial charge on any atom is 3.00 e. The Morgan fingerprint density at radius 3 is 2.00 bits per heavy atom. The summed E-state index contributed by atoms with van der Waals surface area (Å²) in [4.78, 5) is 0. The van der Waals surface area contributed by atoms with E-state index in [1.165, 1.54) is 44.2 Å². The number of hydrogen-bond acceptors (Lipinski definition) is 0. The third-order valence-electron chi connectivity index (χ3n) is 6.60. The molecule has 1 radical (unpaired) electrons. The van der Waals surface area contributed by atoms with Crippen molar-refractivity contribution in [2.24, 2.45) is 0 Å². The summed E-state index contributed by atoms with van der Waals surface area (Å²) in [7, 11) is 0. The van der Waals surface area contributed by atoms with Crippen molar-refractivity contribution in [3.8, 4) is 0 Å². The molecule has 0 heterocycles. The predicted octanol–water partition coefficient (Wildman–Crippen LogP) is 2.74. The first-order valence-electron chi connectivity index (χ1n) is 11.5. The molecule has 1 unspecified atom stereocenters. The minimum absolute atomic E-state index is 0. The molecule has 0 aliphatic heterocycles. The number of benzene rings is 5. The molecule has 0 N–H and O–H groups in total. The van der Waals surface area contributed by atoms with E-state index in [4.69, 9.17) is 5.32 Å². The Balaban J connectivity index is 0.00000120. The predicted molar refractivity (Wildman–Crippen MR) is 140 cm³/mol. The van der Waals surface area contributed by atoms with E-state index in [-0.39, 0.29) is 52.4 Å². The van der Waals surface area contributed by atoms with Crippen LogP contribution in [0.1, 0.15) is 33.7 Å². The van der Waals surface area contributed by atoms with Crippen LogP contribution in [-0.2, 0) is 28.3 Å². The van der Waals surface area contributed by atoms with Crippen molar-refractivity contribution in [1.29, 1.82) is 0 Å². The fourth-order valence-electron chi connectivity index (χ4n) is 5.04. The summed E-state index contributed by atoms with van der Waals surface area (Å²) in [5.41, 5.74) is 8.97. The van der Waals surface area contributed by atoms with Crippen molar-refractivity contribution < 1.29 is 46.5 Å². The SMILES string of the molecule is C1=C(c2ccccc2)C(c2ccc3ccccc3c2C[N-]c2ccccc2)c2ccccc21.[Cl-].[Cl-].[Ti+3]. The molecular weight excluding hydrogens is 517 g/mol. The van der Waals surface area contributed by atoms with E-state index in [1.807, 2.05) is 18.2 Å². The van der Waals surface area contributed by atoms with Gasteiger partial charge in [-0.1, -0.05) is 127 Å². The van der Waals surface area contributed by atoms with Crippen molar-refractivity contribution in [2.75, 3.05) is 0 Å². The van der Waals surface area contributed by atoms with E-state index in [1.54, 1.807) is 0 Å². The molecule has 0 saturated heterocycles. The Hall–Kier alpha value is -2.81. The minimum atomic E-state index is 0. The van der Waals surface area contributed by atoms with Crippen LogP contribution in [0.4, 0.5) is 5.69 Å². The van der Waals surface area contributed by atoms with Gasteiger partial charge in [-0.05, 0) is 44.7 Å². The summed E-state index contributed by atoms with van der Waals surface area (Å²) < 4.78 is 0. The summed E-state index contributed by atoms with van der Waals surface area (Å²) in [5.74, 6) is 0.189. The number of hydrogen-bond donors (Lipinski definition) is 0. The van der Waals surface area contributed by atoms with Gasteiger partial charge in [-0.25, -0.2) is 0 Å². The van der Waals surface area contributed by atoms with Gasteiger partial charge in [0.25, 0.3) is 0 Å². The Bertz CT molecular complexity index is 1470. The van der Waals surface area contributed by atoms with E-state index >= 15 is 0 Å². The van der Waals surface area contributed by atoms with Gasteiger partial charge in [-0.15, -0.1) is 12.2 Å². The molecule has 1 aliphatic rings. The zero-order chi connectivity index (χ0) is 22.0. The first-order valence-corrected chi connectivity index (χ1v) is 11.5. The van der Waals surface area contributed by atoms with E-state index in [0.717, 1.165) is 5.69 Å². The van der Waals surface area contributed by atoms with Gasteiger partial charge in [0.15, 0.2) is 0 Å². The van der Waals surface area contributed by atoms with Crippen LogP contribution in [0.25, 0.3) is 27.7 Å². The van der Waals surface area contributed by atoms with Crippen LogP contribution in [0, 0.1) is 0 Å². The number of fused-ring (bicyclic) bond motifs is 2. The van der Waals surface area contributed by atoms with Gasteiger partial charge in [0.05, 0.1) is 0 Å². The second-order valence-corrected chi connectivity index (χ2v) is 8.53. The second-order valence-electron chi connectivity index (χ2n) is 8.53. The van der Waals surface area contributed by atoms with E-state index in [2.05, 4.69) is 109 Å². The molecule has 0 bridgehead atoms. The third-order valence-corrected chi connectivity index (χ3v) is 6.60. The molecule has 0 amide bonds. The van der Waals surface area contributed by atoms with Gasteiger partial charge in [0.2, 0.25) is 0 Å². The molecule has 0 fully saturated rings. The summed E-state index contributed by atoms with van der Waals surface area (Å²) in [5, 5.41) is 7.54. The van der Waals surface area contributed by atoms with Crippen molar-refractivity contribution in [3.05, 3.63) is 154 Å². The molecule has 36 heavy (non-hydrogen) atoms. The van der Waals surface area contributed by atoms with Gasteiger partial charge < -0.3 is 30.1 Å². The number of para-hydroxylation sites is 1. The average Bonchev–Trinajstić information content (AvgIpc) is 3.28. The third kappa shape index (κ3) is 5.31. The number of rotatable bonds is 5. The van der Waals surface area contributed by atoms with E-state index in [0.29, 0.717) is 6.54 Å². The van der Waals surface area contributed by atoms with Crippen molar-refractivity contribution in [1.82, 2.24) is 0 Å². The molecule has 4 heteroatoms. The van der Waals surface area contributed by atoms with Gasteiger partial charge in [0, 0.05) is 5.92 Å². The Kier molecular flexibility index (Phi) is 9.59. The quantitative estimate of drug-likeness (QED) is 0.304. The summed E-state index contributed by atoms with van der Waals surface area (Å²) >= 11 is 0. The fourth-order valence-corrected chi connectivity index (χ4v) is 5.04. The van der Waals surface area contributed by atoms with E-state index in [9.17, 15) is 0 Å². The summed E-state index contributed by atoms with van der Waals surface area (Å²) in [6, 6.07) is 43.1. The largest absolute Gasteiger partial charge is 3.00 e. The van der Waals surface area contributed by atoms with Crippen LogP contribution in [0.3, 0.4) is 0 Å². The summed E-state index contributed by atoms with van der Waals surface area (Å²) in [6.45, 7) is 0.654. The maximum absolute atomic E-state index is 4.99. The van der Waals surface area contributed by atoms with Gasteiger partial charge in [-0.3, -0.25) is 0 Å². The van der Waals surface area contributed by atoms with Gasteiger partial charge >= 0.3 is 21.7 Å². The van der Waals surface area contributed by atoms with Crippen LogP contribution in [0.2, 0.25) is 0 Å². The zero-order valence-electron chi connectivity index (χ0n) is 19.6. The molecule has 1 nitrogen and oxygen atoms in total. The number of halogens is 2. The van der Waals surface area contributed by atoms with E-state index < -0.39 is 0 Å². The Morgan fingerprint density at radius 1 is 0.583 bits per heavy atom. The number of allylic oxidation sites excluding steroid dienone is 1. The van der Waals surface area contributed by atoms with Crippen molar-refractivity contribution in [3.63, 3.8) is 0 Å². The Labute approximate surface area is 240 Å². The molecule has 1 aliphatic carbocycles. The van der Waals surface area contributed by atoms with Crippen LogP contribution in [-0.4, -0.2) is 0 Å². The molecule has 5 aromatic carbocycles. The first-order chi connectivity index (χ1) is 16.4. The van der Waals surface area contributed by atoms with Crippen LogP contribution >= 0.6 is 0 Å². The van der Waals surface area contributed by atoms with Crippen LogP contribution in [0.5, 0.6) is 0 Å².